The Balaban J connectivity index is 1.90. The first-order valence-electron chi connectivity index (χ1n) is 8.90. The van der Waals surface area contributed by atoms with Crippen molar-refractivity contribution in [1.82, 2.24) is 4.42 Å². The highest BCUT2D eigenvalue weighted by Gasteiger charge is 2.27. The van der Waals surface area contributed by atoms with Crippen LogP contribution in [0, 0.1) is 5.92 Å². The molecule has 150 valence electrons. The molecule has 0 amide bonds. The Hall–Kier alpha value is -2.57. The van der Waals surface area contributed by atoms with E-state index in [1.165, 1.54) is 4.42 Å². The molecule has 0 bridgehead atoms. The average molecular weight is 406 g/mol. The zero-order chi connectivity index (χ0) is 20.5. The number of carbonyl (C=O) groups excluding carboxylic acids is 1. The summed E-state index contributed by atoms with van der Waals surface area (Å²) in [5.41, 5.74) is 1.40. The van der Waals surface area contributed by atoms with Crippen LogP contribution in [-0.2, 0) is 11.2 Å². The van der Waals surface area contributed by atoms with Gasteiger partial charge in [-0.2, -0.15) is 0 Å². The van der Waals surface area contributed by atoms with E-state index in [0.717, 1.165) is 5.56 Å². The number of carboxylic acids is 1. The van der Waals surface area contributed by atoms with Gasteiger partial charge in [0.15, 0.2) is 17.3 Å². The van der Waals surface area contributed by atoms with Crippen LogP contribution >= 0.6 is 11.8 Å². The molecular weight excluding hydrogens is 382 g/mol. The SMILES string of the molecule is COc1ccc(CCN(Cl)CCC(C(=O)O)C(=O)c2ccccc2)cc1OC. The summed E-state index contributed by atoms with van der Waals surface area (Å²) >= 11 is 6.24. The Morgan fingerprint density at radius 2 is 1.71 bits per heavy atom. The highest BCUT2D eigenvalue weighted by atomic mass is 35.5. The molecule has 1 atom stereocenters. The Kier molecular flexibility index (Phi) is 8.29. The van der Waals surface area contributed by atoms with Gasteiger partial charge in [0.05, 0.1) is 14.2 Å². The number of rotatable bonds is 11. The van der Waals surface area contributed by atoms with Crippen molar-refractivity contribution >= 4 is 23.5 Å². The summed E-state index contributed by atoms with van der Waals surface area (Å²) in [6, 6.07) is 14.1. The number of ketones is 1. The molecular formula is C21H24ClNO5. The van der Waals surface area contributed by atoms with Gasteiger partial charge in [0.1, 0.15) is 5.92 Å². The van der Waals surface area contributed by atoms with Crippen LogP contribution in [0.15, 0.2) is 48.5 Å². The molecule has 2 aromatic carbocycles. The molecule has 0 aliphatic rings. The summed E-state index contributed by atoms with van der Waals surface area (Å²) in [6.45, 7) is 0.785. The van der Waals surface area contributed by atoms with Crippen molar-refractivity contribution in [2.24, 2.45) is 5.92 Å². The van der Waals surface area contributed by atoms with Gasteiger partial charge in [-0.3, -0.25) is 9.59 Å². The summed E-state index contributed by atoms with van der Waals surface area (Å²) in [7, 11) is 3.15. The molecule has 28 heavy (non-hydrogen) atoms. The molecule has 1 N–H and O–H groups in total. The van der Waals surface area contributed by atoms with E-state index < -0.39 is 17.7 Å². The number of methoxy groups -OCH3 is 2. The van der Waals surface area contributed by atoms with Gasteiger partial charge in [0, 0.05) is 18.7 Å². The number of ether oxygens (including phenoxy) is 2. The van der Waals surface area contributed by atoms with Crippen LogP contribution in [0.3, 0.4) is 0 Å². The fraction of sp³-hybridized carbons (Fsp3) is 0.333. The highest BCUT2D eigenvalue weighted by molar-refractivity contribution is 6.13. The summed E-state index contributed by atoms with van der Waals surface area (Å²) < 4.78 is 12.0. The van der Waals surface area contributed by atoms with Gasteiger partial charge in [-0.1, -0.05) is 36.4 Å². The second-order valence-corrected chi connectivity index (χ2v) is 6.74. The van der Waals surface area contributed by atoms with Crippen molar-refractivity contribution in [3.8, 4) is 11.5 Å². The molecule has 0 radical (unpaired) electrons. The molecule has 7 heteroatoms. The smallest absolute Gasteiger partial charge is 0.314 e. The fourth-order valence-corrected chi connectivity index (χ4v) is 3.02. The molecule has 0 heterocycles. The number of carboxylic acid groups (broad SMARTS) is 1. The molecule has 0 fully saturated rings. The van der Waals surface area contributed by atoms with Crippen LogP contribution in [0.1, 0.15) is 22.3 Å². The summed E-state index contributed by atoms with van der Waals surface area (Å²) in [6.07, 6.45) is 0.784. The Morgan fingerprint density at radius 3 is 2.32 bits per heavy atom. The minimum atomic E-state index is -1.14. The number of halogens is 1. The largest absolute Gasteiger partial charge is 0.493 e. The van der Waals surface area contributed by atoms with Gasteiger partial charge in [-0.05, 0) is 42.3 Å². The molecule has 0 aromatic heterocycles. The van der Waals surface area contributed by atoms with Crippen molar-refractivity contribution in [3.05, 3.63) is 59.7 Å². The van der Waals surface area contributed by atoms with E-state index in [1.807, 2.05) is 18.2 Å². The number of benzene rings is 2. The van der Waals surface area contributed by atoms with E-state index in [2.05, 4.69) is 0 Å². The number of nitrogens with zero attached hydrogens (tertiary/aromatic N) is 1. The molecule has 2 aromatic rings. The third kappa shape index (κ3) is 5.97. The van der Waals surface area contributed by atoms with E-state index in [1.54, 1.807) is 44.6 Å². The van der Waals surface area contributed by atoms with Crippen molar-refractivity contribution in [3.63, 3.8) is 0 Å². The van der Waals surface area contributed by atoms with Gasteiger partial charge in [0.25, 0.3) is 0 Å². The lowest BCUT2D eigenvalue weighted by atomic mass is 9.94. The Morgan fingerprint density at radius 1 is 1.04 bits per heavy atom. The summed E-state index contributed by atoms with van der Waals surface area (Å²) in [5.74, 6) is -1.38. The number of hydrogen-bond acceptors (Lipinski definition) is 5. The minimum Gasteiger partial charge on any atom is -0.493 e. The number of Topliss-reactive ketones (excluding diaryl/α,β-unsaturated/α-hetero) is 1. The van der Waals surface area contributed by atoms with Crippen LogP contribution in [0.5, 0.6) is 11.5 Å². The maximum absolute atomic E-state index is 12.4. The van der Waals surface area contributed by atoms with Crippen molar-refractivity contribution in [2.75, 3.05) is 27.3 Å². The zero-order valence-corrected chi connectivity index (χ0v) is 16.7. The van der Waals surface area contributed by atoms with Crippen LogP contribution < -0.4 is 9.47 Å². The molecule has 0 saturated carbocycles. The van der Waals surface area contributed by atoms with Crippen molar-refractivity contribution < 1.29 is 24.2 Å². The molecule has 0 saturated heterocycles. The van der Waals surface area contributed by atoms with Crippen LogP contribution in [0.25, 0.3) is 0 Å². The van der Waals surface area contributed by atoms with Gasteiger partial charge in [-0.25, -0.2) is 4.42 Å². The van der Waals surface area contributed by atoms with Crippen molar-refractivity contribution in [2.45, 2.75) is 12.8 Å². The number of aliphatic carboxylic acids is 1. The predicted octanol–water partition coefficient (Wildman–Crippen LogP) is 3.68. The monoisotopic (exact) mass is 405 g/mol. The lowest BCUT2D eigenvalue weighted by Gasteiger charge is -2.17. The number of hydrogen-bond donors (Lipinski definition) is 1. The predicted molar refractivity (Wildman–Crippen MR) is 107 cm³/mol. The third-order valence-corrected chi connectivity index (χ3v) is 4.76. The molecule has 6 nitrogen and oxygen atoms in total. The standard InChI is InChI=1S/C21H24ClNO5/c1-27-18-9-8-15(14-19(18)28-2)10-12-23(22)13-11-17(21(25)26)20(24)16-6-4-3-5-7-16/h3-9,14,17H,10-13H2,1-2H3,(H,25,26). The molecule has 1 unspecified atom stereocenters. The molecule has 0 spiro atoms. The first kappa shape index (κ1) is 21.7. The lowest BCUT2D eigenvalue weighted by molar-refractivity contribution is -0.140. The normalized spacial score (nSPS) is 11.9. The van der Waals surface area contributed by atoms with Gasteiger partial charge < -0.3 is 14.6 Å². The summed E-state index contributed by atoms with van der Waals surface area (Å²) in [5, 5.41) is 9.42. The van der Waals surface area contributed by atoms with E-state index in [-0.39, 0.29) is 13.0 Å². The first-order valence-corrected chi connectivity index (χ1v) is 9.23. The van der Waals surface area contributed by atoms with Crippen LogP contribution in [0.4, 0.5) is 0 Å². The van der Waals surface area contributed by atoms with E-state index in [4.69, 9.17) is 21.3 Å². The highest BCUT2D eigenvalue weighted by Crippen LogP contribution is 2.27. The molecule has 0 aliphatic heterocycles. The zero-order valence-electron chi connectivity index (χ0n) is 15.9. The first-order chi connectivity index (χ1) is 13.5. The number of carbonyl (C=O) groups is 2. The second-order valence-electron chi connectivity index (χ2n) is 6.26. The van der Waals surface area contributed by atoms with Crippen molar-refractivity contribution in [1.29, 1.82) is 0 Å². The van der Waals surface area contributed by atoms with E-state index >= 15 is 0 Å². The second kappa shape index (κ2) is 10.7. The van der Waals surface area contributed by atoms with E-state index in [0.29, 0.717) is 30.0 Å². The fourth-order valence-electron chi connectivity index (χ4n) is 2.84. The Bertz CT molecular complexity index is 797. The minimum absolute atomic E-state index is 0.137. The average Bonchev–Trinajstić information content (AvgIpc) is 2.72. The molecule has 0 aliphatic carbocycles. The van der Waals surface area contributed by atoms with E-state index in [9.17, 15) is 14.7 Å². The topological polar surface area (TPSA) is 76.1 Å². The van der Waals surface area contributed by atoms with Gasteiger partial charge in [0.2, 0.25) is 0 Å². The molecule has 2 rings (SSSR count). The Labute approximate surface area is 169 Å². The van der Waals surface area contributed by atoms with Gasteiger partial charge in [-0.15, -0.1) is 0 Å². The van der Waals surface area contributed by atoms with Crippen LogP contribution in [-0.4, -0.2) is 48.6 Å². The van der Waals surface area contributed by atoms with Gasteiger partial charge >= 0.3 is 5.97 Å². The third-order valence-electron chi connectivity index (χ3n) is 4.42. The maximum Gasteiger partial charge on any atom is 0.314 e. The van der Waals surface area contributed by atoms with Crippen LogP contribution in [0.2, 0.25) is 0 Å². The maximum atomic E-state index is 12.4. The quantitative estimate of drug-likeness (QED) is 0.349. The summed E-state index contributed by atoms with van der Waals surface area (Å²) in [4.78, 5) is 24.0. The lowest BCUT2D eigenvalue weighted by Crippen LogP contribution is -2.28.